The average molecular weight is 479 g/mol. The number of halogens is 1. The van der Waals surface area contributed by atoms with Crippen molar-refractivity contribution in [2.75, 3.05) is 23.8 Å². The molecule has 1 amide bonds. The maximum atomic E-state index is 13.7. The fourth-order valence-corrected chi connectivity index (χ4v) is 6.23. The largest absolute Gasteiger partial charge is 0.376 e. The molecule has 1 unspecified atom stereocenters. The highest BCUT2D eigenvalue weighted by atomic mass is 35.5. The summed E-state index contributed by atoms with van der Waals surface area (Å²) in [6, 6.07) is 10.0. The van der Waals surface area contributed by atoms with E-state index in [1.165, 1.54) is 17.4 Å². The number of fused-ring (bicyclic) bond motifs is 1. The molecule has 1 atom stereocenters. The number of sulfone groups is 1. The van der Waals surface area contributed by atoms with E-state index >= 15 is 0 Å². The third-order valence-electron chi connectivity index (χ3n) is 5.36. The van der Waals surface area contributed by atoms with Crippen LogP contribution in [0, 0.1) is 6.92 Å². The SMILES string of the molecule is CCS(=O)(=O)c1ccccc1C(=O)N(CC1CCCO1)c1nc2c(C)cc(Cl)cc2s1. The van der Waals surface area contributed by atoms with E-state index in [-0.39, 0.29) is 22.3 Å². The molecular weight excluding hydrogens is 456 g/mol. The molecule has 6 nitrogen and oxygen atoms in total. The maximum Gasteiger partial charge on any atom is 0.261 e. The number of benzene rings is 2. The number of ether oxygens (including phenoxy) is 1. The van der Waals surface area contributed by atoms with Crippen LogP contribution >= 0.6 is 22.9 Å². The second kappa shape index (κ2) is 8.86. The predicted molar refractivity (Wildman–Crippen MR) is 124 cm³/mol. The van der Waals surface area contributed by atoms with Crippen LogP contribution in [0.1, 0.15) is 35.7 Å². The maximum absolute atomic E-state index is 13.7. The molecule has 31 heavy (non-hydrogen) atoms. The topological polar surface area (TPSA) is 76.6 Å². The van der Waals surface area contributed by atoms with E-state index in [9.17, 15) is 13.2 Å². The van der Waals surface area contributed by atoms with Crippen molar-refractivity contribution in [1.29, 1.82) is 0 Å². The van der Waals surface area contributed by atoms with Gasteiger partial charge in [0.1, 0.15) is 0 Å². The summed E-state index contributed by atoms with van der Waals surface area (Å²) in [5.74, 6) is -0.479. The van der Waals surface area contributed by atoms with Crippen molar-refractivity contribution in [3.8, 4) is 0 Å². The summed E-state index contributed by atoms with van der Waals surface area (Å²) in [6.07, 6.45) is 1.66. The fourth-order valence-electron chi connectivity index (χ4n) is 3.71. The second-order valence-electron chi connectivity index (χ2n) is 7.52. The molecule has 0 radical (unpaired) electrons. The summed E-state index contributed by atoms with van der Waals surface area (Å²) in [5, 5.41) is 1.11. The van der Waals surface area contributed by atoms with Crippen molar-refractivity contribution in [2.24, 2.45) is 0 Å². The molecule has 2 heterocycles. The third kappa shape index (κ3) is 4.48. The van der Waals surface area contributed by atoms with E-state index in [4.69, 9.17) is 21.3 Å². The zero-order valence-electron chi connectivity index (χ0n) is 17.3. The Hall–Kier alpha value is -2.00. The minimum atomic E-state index is -3.57. The molecule has 3 aromatic rings. The second-order valence-corrected chi connectivity index (χ2v) is 11.2. The van der Waals surface area contributed by atoms with E-state index in [0.29, 0.717) is 23.3 Å². The Kier molecular flexibility index (Phi) is 6.35. The Morgan fingerprint density at radius 3 is 2.81 bits per heavy atom. The molecule has 0 spiro atoms. The fraction of sp³-hybridized carbons (Fsp3) is 0.364. The third-order valence-corrected chi connectivity index (χ3v) is 8.39. The minimum Gasteiger partial charge on any atom is -0.376 e. The molecule has 9 heteroatoms. The smallest absolute Gasteiger partial charge is 0.261 e. The van der Waals surface area contributed by atoms with Crippen LogP contribution in [-0.4, -0.2) is 44.3 Å². The number of carbonyl (C=O) groups excluding carboxylic acids is 1. The van der Waals surface area contributed by atoms with Crippen molar-refractivity contribution >= 4 is 54.0 Å². The summed E-state index contributed by atoms with van der Waals surface area (Å²) >= 11 is 7.57. The Morgan fingerprint density at radius 2 is 2.10 bits per heavy atom. The molecule has 1 aliphatic heterocycles. The van der Waals surface area contributed by atoms with Gasteiger partial charge in [0.25, 0.3) is 5.91 Å². The number of aromatic nitrogens is 1. The normalized spacial score (nSPS) is 16.7. The summed E-state index contributed by atoms with van der Waals surface area (Å²) in [4.78, 5) is 20.0. The standard InChI is InChI=1S/C22H23ClN2O4S2/c1-3-31(27,28)19-9-5-4-8-17(19)21(26)25(13-16-7-6-10-29-16)22-24-20-14(2)11-15(23)12-18(20)30-22/h4-5,8-9,11-12,16H,3,6-7,10,13H2,1-2H3. The molecule has 1 saturated heterocycles. The lowest BCUT2D eigenvalue weighted by atomic mass is 10.1. The highest BCUT2D eigenvalue weighted by molar-refractivity contribution is 7.91. The molecule has 164 valence electrons. The van der Waals surface area contributed by atoms with Crippen molar-refractivity contribution in [2.45, 2.75) is 37.7 Å². The molecule has 0 aliphatic carbocycles. The first-order chi connectivity index (χ1) is 14.8. The van der Waals surface area contributed by atoms with Gasteiger partial charge in [0.05, 0.1) is 39.1 Å². The zero-order valence-corrected chi connectivity index (χ0v) is 19.7. The number of carbonyl (C=O) groups is 1. The Morgan fingerprint density at radius 1 is 1.32 bits per heavy atom. The lowest BCUT2D eigenvalue weighted by molar-refractivity contribution is 0.0915. The number of aryl methyl sites for hydroxylation is 1. The molecule has 4 rings (SSSR count). The van der Waals surface area contributed by atoms with Crippen molar-refractivity contribution in [3.63, 3.8) is 0 Å². The average Bonchev–Trinajstić information content (AvgIpc) is 3.41. The quantitative estimate of drug-likeness (QED) is 0.504. The number of nitrogens with zero attached hydrogens (tertiary/aromatic N) is 2. The number of anilines is 1. The van der Waals surface area contributed by atoms with Gasteiger partial charge < -0.3 is 4.74 Å². The summed E-state index contributed by atoms with van der Waals surface area (Å²) in [5.41, 5.74) is 1.85. The highest BCUT2D eigenvalue weighted by Crippen LogP contribution is 2.35. The van der Waals surface area contributed by atoms with Gasteiger partial charge in [0.15, 0.2) is 15.0 Å². The van der Waals surface area contributed by atoms with Gasteiger partial charge in [-0.15, -0.1) is 0 Å². The van der Waals surface area contributed by atoms with E-state index in [1.807, 2.05) is 19.1 Å². The monoisotopic (exact) mass is 478 g/mol. The van der Waals surface area contributed by atoms with Gasteiger partial charge in [-0.2, -0.15) is 0 Å². The molecule has 1 aliphatic rings. The number of hydrogen-bond acceptors (Lipinski definition) is 6. The summed E-state index contributed by atoms with van der Waals surface area (Å²) in [6.45, 7) is 4.46. The Balaban J connectivity index is 1.81. The highest BCUT2D eigenvalue weighted by Gasteiger charge is 2.30. The van der Waals surface area contributed by atoms with Gasteiger partial charge in [-0.1, -0.05) is 42.0 Å². The Labute approximate surface area is 190 Å². The van der Waals surface area contributed by atoms with Crippen molar-refractivity contribution in [1.82, 2.24) is 4.98 Å². The summed E-state index contributed by atoms with van der Waals surface area (Å²) < 4.78 is 31.9. The first kappa shape index (κ1) is 22.2. The first-order valence-corrected chi connectivity index (χ1v) is 13.0. The van der Waals surface area contributed by atoms with Gasteiger partial charge in [0.2, 0.25) is 0 Å². The van der Waals surface area contributed by atoms with Crippen LogP contribution in [0.2, 0.25) is 5.02 Å². The molecular formula is C22H23ClN2O4S2. The van der Waals surface area contributed by atoms with E-state index in [2.05, 4.69) is 0 Å². The number of rotatable bonds is 6. The number of thiazole rings is 1. The molecule has 0 saturated carbocycles. The van der Waals surface area contributed by atoms with E-state index < -0.39 is 15.7 Å². The van der Waals surface area contributed by atoms with Crippen molar-refractivity contribution < 1.29 is 17.9 Å². The molecule has 2 aromatic carbocycles. The van der Waals surface area contributed by atoms with Gasteiger partial charge in [0, 0.05) is 11.6 Å². The predicted octanol–water partition coefficient (Wildman–Crippen LogP) is 4.88. The Bertz CT molecular complexity index is 1230. The minimum absolute atomic E-state index is 0.0418. The lowest BCUT2D eigenvalue weighted by Crippen LogP contribution is -2.38. The van der Waals surface area contributed by atoms with Crippen LogP contribution in [0.15, 0.2) is 41.3 Å². The molecule has 0 bridgehead atoms. The van der Waals surface area contributed by atoms with Gasteiger partial charge in [-0.25, -0.2) is 13.4 Å². The van der Waals surface area contributed by atoms with Crippen LogP contribution in [-0.2, 0) is 14.6 Å². The van der Waals surface area contributed by atoms with E-state index in [0.717, 1.165) is 28.6 Å². The summed E-state index contributed by atoms with van der Waals surface area (Å²) in [7, 11) is -3.57. The molecule has 1 aromatic heterocycles. The van der Waals surface area contributed by atoms with Crippen molar-refractivity contribution in [3.05, 3.63) is 52.5 Å². The number of amides is 1. The molecule has 0 N–H and O–H groups in total. The van der Waals surface area contributed by atoms with Gasteiger partial charge in [-0.3, -0.25) is 9.69 Å². The van der Waals surface area contributed by atoms with Crippen LogP contribution in [0.25, 0.3) is 10.2 Å². The van der Waals surface area contributed by atoms with Crippen LogP contribution in [0.4, 0.5) is 5.13 Å². The van der Waals surface area contributed by atoms with Crippen LogP contribution < -0.4 is 4.90 Å². The number of hydrogen-bond donors (Lipinski definition) is 0. The lowest BCUT2D eigenvalue weighted by Gasteiger charge is -2.24. The molecule has 1 fully saturated rings. The van der Waals surface area contributed by atoms with Gasteiger partial charge in [-0.05, 0) is 49.6 Å². The van der Waals surface area contributed by atoms with Crippen LogP contribution in [0.3, 0.4) is 0 Å². The van der Waals surface area contributed by atoms with E-state index in [1.54, 1.807) is 30.0 Å². The first-order valence-electron chi connectivity index (χ1n) is 10.1. The van der Waals surface area contributed by atoms with Crippen LogP contribution in [0.5, 0.6) is 0 Å². The van der Waals surface area contributed by atoms with Gasteiger partial charge >= 0.3 is 0 Å². The zero-order chi connectivity index (χ0) is 22.2.